The van der Waals surface area contributed by atoms with Crippen LogP contribution in [0.4, 0.5) is 0 Å². The smallest absolute Gasteiger partial charge is 0.0863 e. The van der Waals surface area contributed by atoms with Crippen LogP contribution in [-0.4, -0.2) is 30.2 Å². The van der Waals surface area contributed by atoms with Crippen molar-refractivity contribution >= 4 is 23.4 Å². The Morgan fingerprint density at radius 1 is 1.14 bits per heavy atom. The third-order valence-corrected chi connectivity index (χ3v) is 4.60. The SMILES string of the molecule is CCCCCCCOCC(O)CSCc1ccc(Cl)cc1. The van der Waals surface area contributed by atoms with E-state index < -0.39 is 0 Å². The zero-order valence-corrected chi connectivity index (χ0v) is 14.5. The Balaban J connectivity index is 1.96. The van der Waals surface area contributed by atoms with Gasteiger partial charge in [0.15, 0.2) is 0 Å². The van der Waals surface area contributed by atoms with E-state index >= 15 is 0 Å². The molecule has 0 heterocycles. The second-order valence-electron chi connectivity index (χ2n) is 5.28. The minimum atomic E-state index is -0.377. The van der Waals surface area contributed by atoms with Crippen molar-refractivity contribution in [3.63, 3.8) is 0 Å². The van der Waals surface area contributed by atoms with E-state index in [9.17, 15) is 5.11 Å². The highest BCUT2D eigenvalue weighted by Gasteiger charge is 2.04. The summed E-state index contributed by atoms with van der Waals surface area (Å²) in [6.07, 6.45) is 5.83. The maximum atomic E-state index is 9.85. The molecule has 0 spiro atoms. The maximum absolute atomic E-state index is 9.85. The van der Waals surface area contributed by atoms with Gasteiger partial charge in [0.2, 0.25) is 0 Å². The van der Waals surface area contributed by atoms with Crippen LogP contribution in [0.25, 0.3) is 0 Å². The molecule has 0 bridgehead atoms. The van der Waals surface area contributed by atoms with E-state index in [1.54, 1.807) is 11.8 Å². The molecule has 0 saturated heterocycles. The van der Waals surface area contributed by atoms with Crippen LogP contribution in [0.1, 0.15) is 44.6 Å². The second kappa shape index (κ2) is 12.3. The van der Waals surface area contributed by atoms with Crippen LogP contribution in [0.2, 0.25) is 5.02 Å². The summed E-state index contributed by atoms with van der Waals surface area (Å²) < 4.78 is 5.51. The van der Waals surface area contributed by atoms with Gasteiger partial charge in [0, 0.05) is 23.1 Å². The van der Waals surface area contributed by atoms with Crippen molar-refractivity contribution in [2.45, 2.75) is 50.9 Å². The first-order valence-electron chi connectivity index (χ1n) is 7.80. The van der Waals surface area contributed by atoms with E-state index in [2.05, 4.69) is 6.92 Å². The van der Waals surface area contributed by atoms with Crippen LogP contribution >= 0.6 is 23.4 Å². The summed E-state index contributed by atoms with van der Waals surface area (Å²) in [4.78, 5) is 0. The number of hydrogen-bond acceptors (Lipinski definition) is 3. The van der Waals surface area contributed by atoms with E-state index in [-0.39, 0.29) is 6.10 Å². The molecule has 0 aromatic heterocycles. The van der Waals surface area contributed by atoms with Gasteiger partial charge in [0.25, 0.3) is 0 Å². The second-order valence-corrected chi connectivity index (χ2v) is 6.75. The molecule has 1 aromatic rings. The predicted molar refractivity (Wildman–Crippen MR) is 93.2 cm³/mol. The summed E-state index contributed by atoms with van der Waals surface area (Å²) in [6, 6.07) is 7.84. The number of benzene rings is 1. The predicted octanol–water partition coefficient (Wildman–Crippen LogP) is 4.92. The first-order chi connectivity index (χ1) is 10.2. The Bertz CT molecular complexity index is 356. The molecule has 0 aliphatic rings. The molecule has 0 fully saturated rings. The first kappa shape index (κ1) is 18.8. The minimum Gasteiger partial charge on any atom is -0.390 e. The quantitative estimate of drug-likeness (QED) is 0.551. The van der Waals surface area contributed by atoms with Crippen LogP contribution in [0.5, 0.6) is 0 Å². The van der Waals surface area contributed by atoms with Crippen molar-refractivity contribution in [1.29, 1.82) is 0 Å². The van der Waals surface area contributed by atoms with Gasteiger partial charge in [-0.25, -0.2) is 0 Å². The third kappa shape index (κ3) is 10.2. The van der Waals surface area contributed by atoms with Gasteiger partial charge in [-0.15, -0.1) is 0 Å². The molecule has 2 nitrogen and oxygen atoms in total. The maximum Gasteiger partial charge on any atom is 0.0863 e. The van der Waals surface area contributed by atoms with E-state index in [0.717, 1.165) is 23.8 Å². The Hall–Kier alpha value is -0.220. The number of rotatable bonds is 12. The van der Waals surface area contributed by atoms with Gasteiger partial charge in [-0.3, -0.25) is 0 Å². The van der Waals surface area contributed by atoms with Crippen molar-refractivity contribution in [2.75, 3.05) is 19.0 Å². The summed E-state index contributed by atoms with van der Waals surface area (Å²) in [5.74, 6) is 1.60. The van der Waals surface area contributed by atoms with Gasteiger partial charge < -0.3 is 9.84 Å². The fourth-order valence-electron chi connectivity index (χ4n) is 1.97. The van der Waals surface area contributed by atoms with E-state index in [1.165, 1.54) is 31.2 Å². The molecule has 1 unspecified atom stereocenters. The molecule has 0 aliphatic heterocycles. The average Bonchev–Trinajstić information content (AvgIpc) is 2.48. The lowest BCUT2D eigenvalue weighted by molar-refractivity contribution is 0.0468. The Labute approximate surface area is 138 Å². The number of unbranched alkanes of at least 4 members (excludes halogenated alkanes) is 4. The summed E-state index contributed by atoms with van der Waals surface area (Å²) in [5.41, 5.74) is 1.23. The summed E-state index contributed by atoms with van der Waals surface area (Å²) >= 11 is 7.57. The van der Waals surface area contributed by atoms with Crippen LogP contribution in [-0.2, 0) is 10.5 Å². The molecule has 4 heteroatoms. The number of ether oxygens (including phenoxy) is 1. The molecule has 0 saturated carbocycles. The standard InChI is InChI=1S/C17H27ClO2S/c1-2-3-4-5-6-11-20-12-17(19)14-21-13-15-7-9-16(18)10-8-15/h7-10,17,19H,2-6,11-14H2,1H3. The van der Waals surface area contributed by atoms with Crippen molar-refractivity contribution in [3.05, 3.63) is 34.9 Å². The lowest BCUT2D eigenvalue weighted by Gasteiger charge is -2.11. The van der Waals surface area contributed by atoms with Crippen molar-refractivity contribution in [2.24, 2.45) is 0 Å². The van der Waals surface area contributed by atoms with Crippen molar-refractivity contribution in [3.8, 4) is 0 Å². The van der Waals surface area contributed by atoms with Crippen LogP contribution in [0, 0.1) is 0 Å². The van der Waals surface area contributed by atoms with E-state index in [0.29, 0.717) is 12.4 Å². The number of thioether (sulfide) groups is 1. The molecule has 0 amide bonds. The fourth-order valence-corrected chi connectivity index (χ4v) is 3.01. The van der Waals surface area contributed by atoms with Gasteiger partial charge in [0.05, 0.1) is 12.7 Å². The van der Waals surface area contributed by atoms with Gasteiger partial charge in [0.1, 0.15) is 0 Å². The van der Waals surface area contributed by atoms with Crippen LogP contribution in [0.3, 0.4) is 0 Å². The molecule has 21 heavy (non-hydrogen) atoms. The third-order valence-electron chi connectivity index (χ3n) is 3.19. The largest absolute Gasteiger partial charge is 0.390 e. The van der Waals surface area contributed by atoms with Crippen LogP contribution in [0.15, 0.2) is 24.3 Å². The van der Waals surface area contributed by atoms with Gasteiger partial charge in [-0.1, -0.05) is 56.3 Å². The number of aliphatic hydroxyl groups is 1. The summed E-state index contributed by atoms with van der Waals surface area (Å²) in [5, 5.41) is 10.6. The molecule has 1 aromatic carbocycles. The molecular formula is C17H27ClO2S. The van der Waals surface area contributed by atoms with Crippen molar-refractivity contribution < 1.29 is 9.84 Å². The highest BCUT2D eigenvalue weighted by atomic mass is 35.5. The first-order valence-corrected chi connectivity index (χ1v) is 9.33. The summed E-state index contributed by atoms with van der Waals surface area (Å²) in [6.45, 7) is 3.43. The van der Waals surface area contributed by atoms with Crippen molar-refractivity contribution in [1.82, 2.24) is 0 Å². The topological polar surface area (TPSA) is 29.5 Å². The van der Waals surface area contributed by atoms with Gasteiger partial charge in [-0.2, -0.15) is 11.8 Å². The average molecular weight is 331 g/mol. The summed E-state index contributed by atoms with van der Waals surface area (Å²) in [7, 11) is 0. The number of hydrogen-bond donors (Lipinski definition) is 1. The Morgan fingerprint density at radius 3 is 2.57 bits per heavy atom. The highest BCUT2D eigenvalue weighted by molar-refractivity contribution is 7.98. The zero-order valence-electron chi connectivity index (χ0n) is 12.9. The lowest BCUT2D eigenvalue weighted by Crippen LogP contribution is -2.18. The normalized spacial score (nSPS) is 12.5. The Kier molecular flexibility index (Phi) is 11.1. The Morgan fingerprint density at radius 2 is 1.86 bits per heavy atom. The van der Waals surface area contributed by atoms with Gasteiger partial charge in [-0.05, 0) is 24.1 Å². The van der Waals surface area contributed by atoms with E-state index in [1.807, 2.05) is 24.3 Å². The minimum absolute atomic E-state index is 0.377. The highest BCUT2D eigenvalue weighted by Crippen LogP contribution is 2.16. The number of aliphatic hydroxyl groups excluding tert-OH is 1. The molecular weight excluding hydrogens is 304 g/mol. The van der Waals surface area contributed by atoms with Gasteiger partial charge >= 0.3 is 0 Å². The molecule has 0 aliphatic carbocycles. The fraction of sp³-hybridized carbons (Fsp3) is 0.647. The molecule has 120 valence electrons. The lowest BCUT2D eigenvalue weighted by atomic mass is 10.2. The molecule has 0 radical (unpaired) electrons. The molecule has 1 atom stereocenters. The van der Waals surface area contributed by atoms with E-state index in [4.69, 9.17) is 16.3 Å². The zero-order chi connectivity index (χ0) is 15.3. The van der Waals surface area contributed by atoms with Crippen LogP contribution < -0.4 is 0 Å². The molecule has 1 rings (SSSR count). The molecule has 1 N–H and O–H groups in total. The number of halogens is 1. The monoisotopic (exact) mass is 330 g/mol.